The Kier molecular flexibility index (Phi) is 6.63. The number of carbonyl (C=O) groups is 1. The molecule has 8 atom stereocenters. The second-order valence-electron chi connectivity index (χ2n) is 10.5. The van der Waals surface area contributed by atoms with Gasteiger partial charge in [-0.15, -0.1) is 0 Å². The van der Waals surface area contributed by atoms with Crippen LogP contribution in [0.3, 0.4) is 0 Å². The maximum absolute atomic E-state index is 10.7. The van der Waals surface area contributed by atoms with Gasteiger partial charge >= 0.3 is 5.97 Å². The molecule has 188 valence electrons. The minimum atomic E-state index is -0.795. The lowest BCUT2D eigenvalue weighted by Gasteiger charge is -2.60. The number of aryl methyl sites for hydroxylation is 1. The molecule has 1 aliphatic carbocycles. The number of hydrogen-bond acceptors (Lipinski definition) is 7. The molecular formula is C26H36O8. The standard InChI is InChI=1S/C26H36O8/c1-16-4-10-21-17(2)23(31-24-26(21)20(16)12-13-25(3,32-24)33-34-26)30-15-14-29-19-8-5-18(6-9-19)7-11-22(27)28/h5-6,8-9,16-17,20-21,23-24H,4,7,10-15H2,1-3H3,(H,27,28)/t16-,17-,20?,21+,23+,24-,25-,26-/m1/s1. The van der Waals surface area contributed by atoms with Gasteiger partial charge in [-0.1, -0.05) is 26.0 Å². The number of fused-ring (bicyclic) bond motifs is 2. The zero-order chi connectivity index (χ0) is 23.9. The summed E-state index contributed by atoms with van der Waals surface area (Å²) in [5, 5.41) is 8.81. The molecule has 4 saturated heterocycles. The predicted molar refractivity (Wildman–Crippen MR) is 121 cm³/mol. The Bertz CT molecular complexity index is 874. The summed E-state index contributed by atoms with van der Waals surface area (Å²) in [6.45, 7) is 7.18. The van der Waals surface area contributed by atoms with E-state index in [1.165, 1.54) is 0 Å². The molecule has 8 heteroatoms. The van der Waals surface area contributed by atoms with Crippen LogP contribution in [0, 0.1) is 23.7 Å². The third-order valence-electron chi connectivity index (χ3n) is 8.28. The van der Waals surface area contributed by atoms with E-state index in [4.69, 9.17) is 33.8 Å². The van der Waals surface area contributed by atoms with Crippen molar-refractivity contribution >= 4 is 5.97 Å². The molecule has 1 aromatic carbocycles. The van der Waals surface area contributed by atoms with E-state index >= 15 is 0 Å². The minimum absolute atomic E-state index is 0.122. The van der Waals surface area contributed by atoms with E-state index in [1.54, 1.807) is 0 Å². The highest BCUT2D eigenvalue weighted by Gasteiger charge is 2.69. The lowest BCUT2D eigenvalue weighted by molar-refractivity contribution is -0.577. The van der Waals surface area contributed by atoms with Crippen molar-refractivity contribution in [3.8, 4) is 5.75 Å². The fraction of sp³-hybridized carbons (Fsp3) is 0.731. The van der Waals surface area contributed by atoms with Crippen molar-refractivity contribution in [1.82, 2.24) is 0 Å². The van der Waals surface area contributed by atoms with Crippen LogP contribution in [0.2, 0.25) is 0 Å². The van der Waals surface area contributed by atoms with Gasteiger partial charge in [0.2, 0.25) is 5.79 Å². The van der Waals surface area contributed by atoms with Gasteiger partial charge < -0.3 is 24.1 Å². The lowest BCUT2D eigenvalue weighted by Crippen LogP contribution is -2.70. The van der Waals surface area contributed by atoms with E-state index in [9.17, 15) is 4.79 Å². The molecule has 1 N–H and O–H groups in total. The molecule has 0 aromatic heterocycles. The fourth-order valence-corrected chi connectivity index (χ4v) is 6.39. The third-order valence-corrected chi connectivity index (χ3v) is 8.28. The van der Waals surface area contributed by atoms with Gasteiger partial charge in [0.1, 0.15) is 12.4 Å². The maximum Gasteiger partial charge on any atom is 0.303 e. The van der Waals surface area contributed by atoms with Crippen molar-refractivity contribution in [2.24, 2.45) is 23.7 Å². The van der Waals surface area contributed by atoms with Gasteiger partial charge in [0.25, 0.3) is 0 Å². The summed E-state index contributed by atoms with van der Waals surface area (Å²) in [6.07, 6.45) is 3.72. The van der Waals surface area contributed by atoms with Gasteiger partial charge in [-0.05, 0) is 62.1 Å². The van der Waals surface area contributed by atoms with Crippen molar-refractivity contribution < 1.29 is 38.6 Å². The van der Waals surface area contributed by atoms with Gasteiger partial charge in [-0.2, -0.15) is 0 Å². The highest BCUT2D eigenvalue weighted by atomic mass is 17.3. The first-order valence-corrected chi connectivity index (χ1v) is 12.6. The number of aliphatic carboxylic acids is 1. The molecule has 5 fully saturated rings. The topological polar surface area (TPSA) is 92.7 Å². The van der Waals surface area contributed by atoms with E-state index < -0.39 is 29.9 Å². The molecular weight excluding hydrogens is 440 g/mol. The number of ether oxygens (including phenoxy) is 4. The van der Waals surface area contributed by atoms with Crippen LogP contribution in [0.1, 0.15) is 58.4 Å². The molecule has 1 spiro atoms. The van der Waals surface area contributed by atoms with Crippen LogP contribution in [0.15, 0.2) is 24.3 Å². The van der Waals surface area contributed by atoms with Gasteiger partial charge in [0.15, 0.2) is 18.2 Å². The molecule has 8 nitrogen and oxygen atoms in total. The first kappa shape index (κ1) is 24.0. The Labute approximate surface area is 200 Å². The second-order valence-corrected chi connectivity index (χ2v) is 10.5. The third kappa shape index (κ3) is 4.35. The number of carboxylic acid groups (broad SMARTS) is 1. The predicted octanol–water partition coefficient (Wildman–Crippen LogP) is 4.31. The number of benzene rings is 1. The van der Waals surface area contributed by atoms with Crippen LogP contribution < -0.4 is 4.74 Å². The van der Waals surface area contributed by atoms with E-state index in [0.29, 0.717) is 31.5 Å². The Morgan fingerprint density at radius 3 is 2.65 bits per heavy atom. The van der Waals surface area contributed by atoms with Crippen LogP contribution in [0.5, 0.6) is 5.75 Å². The fourth-order valence-electron chi connectivity index (χ4n) is 6.39. The molecule has 1 unspecified atom stereocenters. The average molecular weight is 477 g/mol. The summed E-state index contributed by atoms with van der Waals surface area (Å²) in [7, 11) is 0. The lowest BCUT2D eigenvalue weighted by atomic mass is 9.58. The van der Waals surface area contributed by atoms with Crippen LogP contribution in [-0.2, 0) is 35.2 Å². The van der Waals surface area contributed by atoms with E-state index in [1.807, 2.05) is 31.2 Å². The number of carboxylic acids is 1. The first-order valence-electron chi connectivity index (χ1n) is 12.6. The van der Waals surface area contributed by atoms with Crippen molar-refractivity contribution in [3.05, 3.63) is 29.8 Å². The quantitative estimate of drug-likeness (QED) is 0.438. The molecule has 34 heavy (non-hydrogen) atoms. The largest absolute Gasteiger partial charge is 0.491 e. The Hall–Kier alpha value is -1.71. The Balaban J connectivity index is 1.18. The monoisotopic (exact) mass is 476 g/mol. The van der Waals surface area contributed by atoms with Crippen molar-refractivity contribution in [1.29, 1.82) is 0 Å². The molecule has 2 bridgehead atoms. The van der Waals surface area contributed by atoms with Crippen molar-refractivity contribution in [2.45, 2.75) is 83.3 Å². The van der Waals surface area contributed by atoms with Crippen molar-refractivity contribution in [2.75, 3.05) is 13.2 Å². The summed E-state index contributed by atoms with van der Waals surface area (Å²) >= 11 is 0. The molecule has 0 radical (unpaired) electrons. The highest BCUT2D eigenvalue weighted by Crippen LogP contribution is 2.60. The minimum Gasteiger partial charge on any atom is -0.491 e. The summed E-state index contributed by atoms with van der Waals surface area (Å²) in [4.78, 5) is 22.7. The smallest absolute Gasteiger partial charge is 0.303 e. The van der Waals surface area contributed by atoms with Crippen LogP contribution in [0.25, 0.3) is 0 Å². The van der Waals surface area contributed by atoms with E-state index in [-0.39, 0.29) is 18.3 Å². The second kappa shape index (κ2) is 9.39. The van der Waals surface area contributed by atoms with Crippen LogP contribution in [0.4, 0.5) is 0 Å². The number of hydrogen-bond donors (Lipinski definition) is 1. The number of rotatable bonds is 8. The molecule has 4 heterocycles. The van der Waals surface area contributed by atoms with Gasteiger partial charge in [0.05, 0.1) is 6.61 Å². The maximum atomic E-state index is 10.7. The normalized spacial score (nSPS) is 40.9. The van der Waals surface area contributed by atoms with Crippen LogP contribution >= 0.6 is 0 Å². The SMILES string of the molecule is C[C@H]1[C@@H](OCCOc2ccc(CCC(=O)O)cc2)O[C@@H]2O[C@@]3(C)CCC4[C@H](C)CC[C@@H]1[C@]42OO3. The molecule has 0 amide bonds. The summed E-state index contributed by atoms with van der Waals surface area (Å²) in [5.74, 6) is 0.382. The summed E-state index contributed by atoms with van der Waals surface area (Å²) < 4.78 is 24.8. The molecule has 6 rings (SSSR count). The van der Waals surface area contributed by atoms with E-state index in [0.717, 1.165) is 37.0 Å². The first-order chi connectivity index (χ1) is 16.3. The molecule has 1 aromatic rings. The molecule has 4 aliphatic heterocycles. The molecule has 5 aliphatic rings. The van der Waals surface area contributed by atoms with Crippen molar-refractivity contribution in [3.63, 3.8) is 0 Å². The highest BCUT2D eigenvalue weighted by molar-refractivity contribution is 5.67. The zero-order valence-corrected chi connectivity index (χ0v) is 20.2. The van der Waals surface area contributed by atoms with Gasteiger partial charge in [-0.3, -0.25) is 4.79 Å². The van der Waals surface area contributed by atoms with E-state index in [2.05, 4.69) is 13.8 Å². The zero-order valence-electron chi connectivity index (χ0n) is 20.2. The van der Waals surface area contributed by atoms with Gasteiger partial charge in [0, 0.05) is 24.7 Å². The Morgan fingerprint density at radius 1 is 1.09 bits per heavy atom. The Morgan fingerprint density at radius 2 is 1.88 bits per heavy atom. The average Bonchev–Trinajstić information content (AvgIpc) is 3.05. The van der Waals surface area contributed by atoms with Crippen LogP contribution in [-0.4, -0.2) is 48.3 Å². The summed E-state index contributed by atoms with van der Waals surface area (Å²) in [6, 6.07) is 7.51. The molecule has 1 saturated carbocycles. The summed E-state index contributed by atoms with van der Waals surface area (Å²) in [5.41, 5.74) is 0.397. The van der Waals surface area contributed by atoms with Gasteiger partial charge in [-0.25, -0.2) is 9.78 Å².